The summed E-state index contributed by atoms with van der Waals surface area (Å²) in [5, 5.41) is 4.62. The van der Waals surface area contributed by atoms with Crippen LogP contribution >= 0.6 is 0 Å². The van der Waals surface area contributed by atoms with E-state index in [-0.39, 0.29) is 29.3 Å². The zero-order chi connectivity index (χ0) is 20.7. The van der Waals surface area contributed by atoms with Crippen molar-refractivity contribution in [1.29, 1.82) is 0 Å². The summed E-state index contributed by atoms with van der Waals surface area (Å²) in [6.45, 7) is 6.04. The molecule has 7 nitrogen and oxygen atoms in total. The van der Waals surface area contributed by atoms with Crippen LogP contribution in [0.15, 0.2) is 35.3 Å². The van der Waals surface area contributed by atoms with Gasteiger partial charge in [0.15, 0.2) is 5.65 Å². The lowest BCUT2D eigenvalue weighted by Crippen LogP contribution is -2.26. The molecule has 150 valence electrons. The van der Waals surface area contributed by atoms with Crippen LogP contribution in [0.1, 0.15) is 26.3 Å². The van der Waals surface area contributed by atoms with Crippen molar-refractivity contribution in [2.24, 2.45) is 0 Å². The minimum atomic E-state index is -4.76. The number of rotatable bonds is 4. The molecule has 0 radical (unpaired) electrons. The molecule has 0 unspecified atom stereocenters. The van der Waals surface area contributed by atoms with Crippen LogP contribution in [0.2, 0.25) is 0 Å². The Balaban J connectivity index is 1.91. The monoisotopic (exact) mass is 395 g/mol. The molecule has 2 aromatic heterocycles. The average Bonchev–Trinajstić information content (AvgIpc) is 2.98. The Morgan fingerprint density at radius 1 is 1.25 bits per heavy atom. The Labute approximate surface area is 158 Å². The summed E-state index contributed by atoms with van der Waals surface area (Å²) in [7, 11) is 1.68. The van der Waals surface area contributed by atoms with Crippen molar-refractivity contribution in [2.75, 3.05) is 11.9 Å². The van der Waals surface area contributed by atoms with Gasteiger partial charge in [0, 0.05) is 13.6 Å². The summed E-state index contributed by atoms with van der Waals surface area (Å²) in [6.07, 6.45) is -3.29. The molecule has 10 heteroatoms. The molecule has 0 saturated heterocycles. The number of aromatic nitrogens is 4. The van der Waals surface area contributed by atoms with Crippen LogP contribution in [0, 0.1) is 0 Å². The van der Waals surface area contributed by atoms with E-state index in [1.165, 1.54) is 24.4 Å². The number of hydrogen-bond donors (Lipinski definition) is 1. The van der Waals surface area contributed by atoms with E-state index in [4.69, 9.17) is 0 Å². The number of fused-ring (bicyclic) bond motifs is 1. The lowest BCUT2D eigenvalue weighted by Gasteiger charge is -2.21. The zero-order valence-corrected chi connectivity index (χ0v) is 15.8. The maximum absolute atomic E-state index is 12.4. The fourth-order valence-corrected chi connectivity index (χ4v) is 2.77. The van der Waals surface area contributed by atoms with E-state index in [1.807, 2.05) is 20.8 Å². The van der Waals surface area contributed by atoms with Crippen molar-refractivity contribution in [1.82, 2.24) is 19.7 Å². The van der Waals surface area contributed by atoms with Crippen LogP contribution in [0.25, 0.3) is 11.0 Å². The summed E-state index contributed by atoms with van der Waals surface area (Å²) in [4.78, 5) is 21.2. The Kier molecular flexibility index (Phi) is 4.82. The van der Waals surface area contributed by atoms with Gasteiger partial charge in [0.2, 0.25) is 5.95 Å². The second-order valence-corrected chi connectivity index (χ2v) is 7.41. The first kappa shape index (κ1) is 19.7. The maximum Gasteiger partial charge on any atom is 0.573 e. The molecule has 3 rings (SSSR count). The third-order valence-electron chi connectivity index (χ3n) is 3.97. The van der Waals surface area contributed by atoms with Gasteiger partial charge in [-0.2, -0.15) is 10.1 Å². The Bertz CT molecular complexity index is 1050. The van der Waals surface area contributed by atoms with Crippen molar-refractivity contribution in [2.45, 2.75) is 39.2 Å². The minimum Gasteiger partial charge on any atom is -0.406 e. The van der Waals surface area contributed by atoms with Crippen LogP contribution in [0.3, 0.4) is 0 Å². The smallest absolute Gasteiger partial charge is 0.406 e. The second kappa shape index (κ2) is 6.84. The van der Waals surface area contributed by atoms with Crippen LogP contribution in [-0.4, -0.2) is 33.2 Å². The quantitative estimate of drug-likeness (QED) is 0.733. The second-order valence-electron chi connectivity index (χ2n) is 7.41. The number of nitrogens with one attached hydrogen (secondary N) is 1. The molecule has 0 saturated carbocycles. The fraction of sp³-hybridized carbons (Fsp3) is 0.389. The molecule has 0 amide bonds. The van der Waals surface area contributed by atoms with Crippen LogP contribution < -0.4 is 15.2 Å². The molecule has 0 aliphatic carbocycles. The number of anilines is 1. The van der Waals surface area contributed by atoms with E-state index in [0.717, 1.165) is 0 Å². The number of hydrogen-bond acceptors (Lipinski definition) is 5. The van der Waals surface area contributed by atoms with Gasteiger partial charge in [-0.3, -0.25) is 9.78 Å². The molecule has 28 heavy (non-hydrogen) atoms. The molecular weight excluding hydrogens is 375 g/mol. The molecule has 1 N–H and O–H groups in total. The van der Waals surface area contributed by atoms with Gasteiger partial charge in [0.1, 0.15) is 11.1 Å². The number of aromatic amines is 1. The number of halogens is 3. The maximum atomic E-state index is 12.4. The summed E-state index contributed by atoms with van der Waals surface area (Å²) >= 11 is 0. The number of H-pyrrole nitrogens is 1. The molecule has 0 fully saturated rings. The molecule has 3 aromatic rings. The third kappa shape index (κ3) is 4.26. The zero-order valence-electron chi connectivity index (χ0n) is 15.8. The summed E-state index contributed by atoms with van der Waals surface area (Å²) < 4.78 is 42.8. The standard InChI is InChI=1S/C18H20F3N5O2/c1-17(2,3)26-14-13(9-22-26)15(27)24-16(23-14)25(4)10-11-6-5-7-12(8-11)28-18(19,20)21/h5-9H,10H2,1-4H3,(H,23,24,27). The predicted molar refractivity (Wildman–Crippen MR) is 98.4 cm³/mol. The minimum absolute atomic E-state index is 0.215. The Morgan fingerprint density at radius 3 is 2.61 bits per heavy atom. The molecule has 0 bridgehead atoms. The van der Waals surface area contributed by atoms with E-state index < -0.39 is 6.36 Å². The Morgan fingerprint density at radius 2 is 1.96 bits per heavy atom. The van der Waals surface area contributed by atoms with Crippen molar-refractivity contribution < 1.29 is 17.9 Å². The first-order valence-electron chi connectivity index (χ1n) is 8.48. The predicted octanol–water partition coefficient (Wildman–Crippen LogP) is 3.41. The number of alkyl halides is 3. The average molecular weight is 395 g/mol. The highest BCUT2D eigenvalue weighted by atomic mass is 19.4. The topological polar surface area (TPSA) is 76.0 Å². The van der Waals surface area contributed by atoms with Gasteiger partial charge >= 0.3 is 6.36 Å². The van der Waals surface area contributed by atoms with Crippen LogP contribution in [-0.2, 0) is 12.1 Å². The van der Waals surface area contributed by atoms with Crippen molar-refractivity contribution in [3.05, 3.63) is 46.4 Å². The highest BCUT2D eigenvalue weighted by Gasteiger charge is 2.31. The molecule has 0 spiro atoms. The van der Waals surface area contributed by atoms with Gasteiger partial charge in [0.25, 0.3) is 5.56 Å². The van der Waals surface area contributed by atoms with Gasteiger partial charge in [0.05, 0.1) is 11.7 Å². The normalized spacial score (nSPS) is 12.4. The number of ether oxygens (including phenoxy) is 1. The van der Waals surface area contributed by atoms with Crippen molar-refractivity contribution in [3.63, 3.8) is 0 Å². The number of nitrogens with zero attached hydrogens (tertiary/aromatic N) is 4. The van der Waals surface area contributed by atoms with Gasteiger partial charge in [-0.15, -0.1) is 13.2 Å². The first-order chi connectivity index (χ1) is 12.9. The van der Waals surface area contributed by atoms with E-state index >= 15 is 0 Å². The summed E-state index contributed by atoms with van der Waals surface area (Å²) in [6, 6.07) is 5.65. The van der Waals surface area contributed by atoms with E-state index in [0.29, 0.717) is 16.6 Å². The lowest BCUT2D eigenvalue weighted by atomic mass is 10.1. The van der Waals surface area contributed by atoms with Gasteiger partial charge in [-0.1, -0.05) is 12.1 Å². The van der Waals surface area contributed by atoms with E-state index in [1.54, 1.807) is 22.7 Å². The van der Waals surface area contributed by atoms with Crippen LogP contribution in [0.5, 0.6) is 5.75 Å². The first-order valence-corrected chi connectivity index (χ1v) is 8.48. The van der Waals surface area contributed by atoms with E-state index in [2.05, 4.69) is 19.8 Å². The van der Waals surface area contributed by atoms with Crippen LogP contribution in [0.4, 0.5) is 19.1 Å². The SMILES string of the molecule is CN(Cc1cccc(OC(F)(F)F)c1)c1nc2c(cnn2C(C)(C)C)c(=O)[nH]1. The van der Waals surface area contributed by atoms with Gasteiger partial charge in [-0.05, 0) is 38.5 Å². The largest absolute Gasteiger partial charge is 0.573 e. The lowest BCUT2D eigenvalue weighted by molar-refractivity contribution is -0.274. The fourth-order valence-electron chi connectivity index (χ4n) is 2.77. The third-order valence-corrected chi connectivity index (χ3v) is 3.97. The molecule has 0 atom stereocenters. The number of benzene rings is 1. The van der Waals surface area contributed by atoms with Gasteiger partial charge < -0.3 is 9.64 Å². The molecule has 0 aliphatic heterocycles. The summed E-state index contributed by atoms with van der Waals surface area (Å²) in [5.74, 6) is -0.0215. The highest BCUT2D eigenvalue weighted by molar-refractivity contribution is 5.74. The molecule has 2 heterocycles. The Hall–Kier alpha value is -3.04. The van der Waals surface area contributed by atoms with Crippen molar-refractivity contribution in [3.8, 4) is 5.75 Å². The summed E-state index contributed by atoms with van der Waals surface area (Å²) in [5.41, 5.74) is 0.293. The molecule has 0 aliphatic rings. The van der Waals surface area contributed by atoms with Crippen molar-refractivity contribution >= 4 is 17.0 Å². The molecule has 1 aromatic carbocycles. The van der Waals surface area contributed by atoms with E-state index in [9.17, 15) is 18.0 Å². The highest BCUT2D eigenvalue weighted by Crippen LogP contribution is 2.24. The molecular formula is C18H20F3N5O2. The van der Waals surface area contributed by atoms with Gasteiger partial charge in [-0.25, -0.2) is 4.68 Å².